The van der Waals surface area contributed by atoms with Crippen LogP contribution < -0.4 is 0 Å². The highest BCUT2D eigenvalue weighted by Gasteiger charge is 2.17. The zero-order chi connectivity index (χ0) is 12.3. The van der Waals surface area contributed by atoms with Gasteiger partial charge < -0.3 is 15.2 Å². The minimum Gasteiger partial charge on any atom is -0.390 e. The Morgan fingerprint density at radius 1 is 1.35 bits per heavy atom. The molecule has 0 radical (unpaired) electrons. The van der Waals surface area contributed by atoms with Gasteiger partial charge in [-0.1, -0.05) is 11.2 Å². The fraction of sp³-hybridized carbons (Fsp3) is 0.273. The molecule has 0 spiro atoms. The first kappa shape index (κ1) is 11.5. The summed E-state index contributed by atoms with van der Waals surface area (Å²) in [6.07, 6.45) is -0.348. The number of aromatic amines is 1. The van der Waals surface area contributed by atoms with E-state index in [1.807, 2.05) is 12.1 Å². The number of rotatable bonds is 4. The van der Waals surface area contributed by atoms with Crippen molar-refractivity contribution in [2.24, 2.45) is 5.11 Å². The smallest absolute Gasteiger partial charge is 0.105 e. The maximum Gasteiger partial charge on any atom is 0.105 e. The lowest BCUT2D eigenvalue weighted by Gasteiger charge is -2.16. The summed E-state index contributed by atoms with van der Waals surface area (Å²) in [6, 6.07) is 7.22. The number of benzene rings is 1. The quantitative estimate of drug-likeness (QED) is 0.425. The molecule has 0 fully saturated rings. The summed E-state index contributed by atoms with van der Waals surface area (Å²) in [5, 5.41) is 23.7. The maximum absolute atomic E-state index is 9.87. The summed E-state index contributed by atoms with van der Waals surface area (Å²) in [5.41, 5.74) is 9.70. The second-order valence-corrected chi connectivity index (χ2v) is 3.75. The summed E-state index contributed by atoms with van der Waals surface area (Å²) in [7, 11) is 0. The van der Waals surface area contributed by atoms with Gasteiger partial charge in [-0.2, -0.15) is 0 Å². The van der Waals surface area contributed by atoms with E-state index in [1.54, 1.807) is 18.3 Å². The molecule has 88 valence electrons. The van der Waals surface area contributed by atoms with Gasteiger partial charge in [-0.05, 0) is 34.7 Å². The van der Waals surface area contributed by atoms with Crippen LogP contribution in [0.2, 0.25) is 0 Å². The van der Waals surface area contributed by atoms with Crippen LogP contribution in [-0.4, -0.2) is 27.8 Å². The Hall–Kier alpha value is -2.01. The van der Waals surface area contributed by atoms with Gasteiger partial charge in [0.1, 0.15) is 6.10 Å². The fourth-order valence-electron chi connectivity index (χ4n) is 1.70. The maximum atomic E-state index is 9.87. The van der Waals surface area contributed by atoms with E-state index in [4.69, 9.17) is 5.53 Å². The van der Waals surface area contributed by atoms with Crippen molar-refractivity contribution in [1.29, 1.82) is 0 Å². The normalized spacial score (nSPS) is 14.2. The number of hydrogen-bond donors (Lipinski definition) is 3. The minimum absolute atomic E-state index is 0.150. The fourth-order valence-corrected chi connectivity index (χ4v) is 1.70. The van der Waals surface area contributed by atoms with Crippen LogP contribution in [0.3, 0.4) is 0 Å². The van der Waals surface area contributed by atoms with Gasteiger partial charge in [-0.15, -0.1) is 0 Å². The van der Waals surface area contributed by atoms with Gasteiger partial charge in [0.25, 0.3) is 0 Å². The number of nitrogens with one attached hydrogen (secondary N) is 1. The molecule has 0 saturated carbocycles. The van der Waals surface area contributed by atoms with Crippen LogP contribution >= 0.6 is 0 Å². The predicted molar refractivity (Wildman–Crippen MR) is 63.3 cm³/mol. The molecule has 3 N–H and O–H groups in total. The van der Waals surface area contributed by atoms with Crippen molar-refractivity contribution in [3.8, 4) is 0 Å². The molecular weight excluding hydrogens is 220 g/mol. The SMILES string of the molecule is [N-]=[N+]=NCC(O)C(O)c1ccc2[nH]ccc2c1. The van der Waals surface area contributed by atoms with E-state index >= 15 is 0 Å². The van der Waals surface area contributed by atoms with E-state index in [0.717, 1.165) is 10.9 Å². The van der Waals surface area contributed by atoms with Crippen LogP contribution in [0.5, 0.6) is 0 Å². The molecule has 2 rings (SSSR count). The van der Waals surface area contributed by atoms with Gasteiger partial charge in [0.2, 0.25) is 0 Å². The number of aromatic nitrogens is 1. The molecule has 0 aliphatic heterocycles. The Kier molecular flexibility index (Phi) is 3.30. The highest BCUT2D eigenvalue weighted by Crippen LogP contribution is 2.22. The molecule has 6 nitrogen and oxygen atoms in total. The zero-order valence-electron chi connectivity index (χ0n) is 8.98. The van der Waals surface area contributed by atoms with E-state index < -0.39 is 12.2 Å². The van der Waals surface area contributed by atoms with Crippen molar-refractivity contribution in [3.05, 3.63) is 46.5 Å². The molecule has 17 heavy (non-hydrogen) atoms. The topological polar surface area (TPSA) is 105 Å². The summed E-state index contributed by atoms with van der Waals surface area (Å²) in [5.74, 6) is 0. The lowest BCUT2D eigenvalue weighted by molar-refractivity contribution is 0.0245. The highest BCUT2D eigenvalue weighted by molar-refractivity contribution is 5.80. The molecule has 0 saturated heterocycles. The van der Waals surface area contributed by atoms with Gasteiger partial charge in [0.15, 0.2) is 0 Å². The molecule has 1 aromatic carbocycles. The first-order chi connectivity index (χ1) is 8.22. The van der Waals surface area contributed by atoms with Gasteiger partial charge >= 0.3 is 0 Å². The molecular formula is C11H12N4O2. The third-order valence-electron chi connectivity index (χ3n) is 2.62. The molecule has 0 amide bonds. The number of H-pyrrole nitrogens is 1. The second-order valence-electron chi connectivity index (χ2n) is 3.75. The van der Waals surface area contributed by atoms with Crippen molar-refractivity contribution in [2.45, 2.75) is 12.2 Å². The Labute approximate surface area is 97.1 Å². The van der Waals surface area contributed by atoms with E-state index in [0.29, 0.717) is 5.56 Å². The Balaban J connectivity index is 2.22. The number of aliphatic hydroxyl groups excluding tert-OH is 2. The molecule has 6 heteroatoms. The number of azide groups is 1. The van der Waals surface area contributed by atoms with Gasteiger partial charge in [-0.25, -0.2) is 0 Å². The first-order valence-electron chi connectivity index (χ1n) is 5.16. The van der Waals surface area contributed by atoms with Gasteiger partial charge in [0.05, 0.1) is 12.6 Å². The van der Waals surface area contributed by atoms with Crippen molar-refractivity contribution < 1.29 is 10.2 Å². The average molecular weight is 232 g/mol. The van der Waals surface area contributed by atoms with E-state index in [9.17, 15) is 10.2 Å². The van der Waals surface area contributed by atoms with Gasteiger partial charge in [0, 0.05) is 16.6 Å². The lowest BCUT2D eigenvalue weighted by Crippen LogP contribution is -2.21. The van der Waals surface area contributed by atoms with E-state index in [2.05, 4.69) is 15.0 Å². The Morgan fingerprint density at radius 3 is 2.94 bits per heavy atom. The molecule has 1 aromatic heterocycles. The third kappa shape index (κ3) is 2.39. The van der Waals surface area contributed by atoms with Crippen LogP contribution in [-0.2, 0) is 0 Å². The average Bonchev–Trinajstić information content (AvgIpc) is 2.81. The van der Waals surface area contributed by atoms with Crippen LogP contribution in [0.25, 0.3) is 21.3 Å². The summed E-state index contributed by atoms with van der Waals surface area (Å²) >= 11 is 0. The van der Waals surface area contributed by atoms with E-state index in [-0.39, 0.29) is 6.54 Å². The first-order valence-corrected chi connectivity index (χ1v) is 5.16. The largest absolute Gasteiger partial charge is 0.390 e. The van der Waals surface area contributed by atoms with Crippen LogP contribution in [0.1, 0.15) is 11.7 Å². The molecule has 2 unspecified atom stereocenters. The number of nitrogens with zero attached hydrogens (tertiary/aromatic N) is 3. The molecule has 0 aliphatic carbocycles. The van der Waals surface area contributed by atoms with Crippen LogP contribution in [0.4, 0.5) is 0 Å². The summed E-state index contributed by atoms with van der Waals surface area (Å²) in [4.78, 5) is 5.58. The van der Waals surface area contributed by atoms with Crippen molar-refractivity contribution in [1.82, 2.24) is 4.98 Å². The molecule has 2 aromatic rings. The summed E-state index contributed by atoms with van der Waals surface area (Å²) < 4.78 is 0. The standard InChI is InChI=1S/C11H12N4O2/c12-15-14-6-10(16)11(17)8-1-2-9-7(5-8)3-4-13-9/h1-5,10-11,13,16-17H,6H2. The number of hydrogen-bond acceptors (Lipinski definition) is 3. The monoisotopic (exact) mass is 232 g/mol. The Morgan fingerprint density at radius 2 is 2.18 bits per heavy atom. The van der Waals surface area contributed by atoms with Crippen molar-refractivity contribution >= 4 is 10.9 Å². The summed E-state index contributed by atoms with van der Waals surface area (Å²) in [6.45, 7) is -0.150. The van der Waals surface area contributed by atoms with Crippen LogP contribution in [0.15, 0.2) is 35.6 Å². The van der Waals surface area contributed by atoms with Crippen LogP contribution in [0, 0.1) is 0 Å². The minimum atomic E-state index is -1.10. The zero-order valence-corrected chi connectivity index (χ0v) is 8.98. The van der Waals surface area contributed by atoms with Gasteiger partial charge in [-0.3, -0.25) is 0 Å². The molecule has 2 atom stereocenters. The lowest BCUT2D eigenvalue weighted by atomic mass is 10.0. The number of aliphatic hydroxyl groups is 2. The molecule has 0 bridgehead atoms. The number of fused-ring (bicyclic) bond motifs is 1. The third-order valence-corrected chi connectivity index (χ3v) is 2.62. The predicted octanol–water partition coefficient (Wildman–Crippen LogP) is 1.87. The van der Waals surface area contributed by atoms with Crippen molar-refractivity contribution in [3.63, 3.8) is 0 Å². The van der Waals surface area contributed by atoms with E-state index in [1.165, 1.54) is 0 Å². The second kappa shape index (κ2) is 4.88. The Bertz CT molecular complexity index is 559. The molecule has 1 heterocycles. The highest BCUT2D eigenvalue weighted by atomic mass is 16.3. The van der Waals surface area contributed by atoms with Crippen molar-refractivity contribution in [2.75, 3.05) is 6.54 Å². The molecule has 0 aliphatic rings.